The van der Waals surface area contributed by atoms with Crippen molar-refractivity contribution in [1.29, 1.82) is 0 Å². The van der Waals surface area contributed by atoms with Gasteiger partial charge in [0.1, 0.15) is 0 Å². The van der Waals surface area contributed by atoms with Crippen LogP contribution in [-0.4, -0.2) is 19.9 Å². The van der Waals surface area contributed by atoms with E-state index in [4.69, 9.17) is 4.98 Å². The molecule has 32 heavy (non-hydrogen) atoms. The summed E-state index contributed by atoms with van der Waals surface area (Å²) in [5.41, 5.74) is 7.02. The van der Waals surface area contributed by atoms with Gasteiger partial charge in [-0.1, -0.05) is 42.5 Å². The lowest BCUT2D eigenvalue weighted by Crippen LogP contribution is -1.93. The van der Waals surface area contributed by atoms with E-state index in [9.17, 15) is 0 Å². The van der Waals surface area contributed by atoms with Gasteiger partial charge in [0, 0.05) is 52.9 Å². The number of aromatic nitrogens is 4. The summed E-state index contributed by atoms with van der Waals surface area (Å²) in [5, 5.41) is 3.35. The van der Waals surface area contributed by atoms with Crippen LogP contribution >= 0.6 is 0 Å². The van der Waals surface area contributed by atoms with Crippen molar-refractivity contribution in [2.24, 2.45) is 0 Å². The topological polar surface area (TPSA) is 51.6 Å². The number of pyridine rings is 4. The van der Waals surface area contributed by atoms with E-state index >= 15 is 0 Å². The van der Waals surface area contributed by atoms with Gasteiger partial charge in [-0.2, -0.15) is 0 Å². The van der Waals surface area contributed by atoms with Gasteiger partial charge in [0.25, 0.3) is 0 Å². The van der Waals surface area contributed by atoms with Crippen molar-refractivity contribution in [3.05, 3.63) is 110 Å². The average Bonchev–Trinajstić information content (AvgIpc) is 2.89. The van der Waals surface area contributed by atoms with E-state index in [1.165, 1.54) is 0 Å². The fraction of sp³-hybridized carbons (Fsp3) is 0. The molecule has 0 spiro atoms. The summed E-state index contributed by atoms with van der Waals surface area (Å²) in [5.74, 6) is 0. The van der Waals surface area contributed by atoms with E-state index in [0.29, 0.717) is 0 Å². The van der Waals surface area contributed by atoms with Crippen molar-refractivity contribution < 1.29 is 0 Å². The van der Waals surface area contributed by atoms with Crippen LogP contribution in [0.3, 0.4) is 0 Å². The van der Waals surface area contributed by atoms with Gasteiger partial charge in [-0.05, 0) is 52.9 Å². The van der Waals surface area contributed by atoms with Crippen LogP contribution in [0.25, 0.3) is 55.3 Å². The first-order chi connectivity index (χ1) is 15.9. The van der Waals surface area contributed by atoms with Crippen LogP contribution in [0.5, 0.6) is 0 Å². The molecule has 0 N–H and O–H groups in total. The molecule has 150 valence electrons. The standard InChI is InChI=1S/C28H18N4/c1-2-14-31-26(7-1)28-25-15-19(21-5-3-12-29-17-21)8-10-23(25)24-11-9-20(16-27(24)32-28)22-6-4-13-30-18-22/h1-18H. The molecule has 6 aromatic rings. The first-order valence-corrected chi connectivity index (χ1v) is 10.5. The Hall–Kier alpha value is -4.44. The molecule has 4 nitrogen and oxygen atoms in total. The third kappa shape index (κ3) is 3.19. The van der Waals surface area contributed by atoms with Crippen LogP contribution in [0, 0.1) is 0 Å². The lowest BCUT2D eigenvalue weighted by molar-refractivity contribution is 1.29. The van der Waals surface area contributed by atoms with Crippen molar-refractivity contribution in [3.63, 3.8) is 0 Å². The Morgan fingerprint density at radius 3 is 1.88 bits per heavy atom. The Morgan fingerprint density at radius 1 is 0.500 bits per heavy atom. The second-order valence-electron chi connectivity index (χ2n) is 7.65. The lowest BCUT2D eigenvalue weighted by Gasteiger charge is -2.12. The molecule has 2 aromatic carbocycles. The number of rotatable bonds is 3. The summed E-state index contributed by atoms with van der Waals surface area (Å²) in [6.45, 7) is 0. The third-order valence-electron chi connectivity index (χ3n) is 5.69. The van der Waals surface area contributed by atoms with Crippen molar-refractivity contribution >= 4 is 21.7 Å². The van der Waals surface area contributed by atoms with Crippen LogP contribution < -0.4 is 0 Å². The first kappa shape index (κ1) is 18.3. The zero-order chi connectivity index (χ0) is 21.3. The van der Waals surface area contributed by atoms with Crippen LogP contribution in [0.15, 0.2) is 110 Å². The molecule has 0 saturated carbocycles. The fourth-order valence-corrected chi connectivity index (χ4v) is 4.13. The zero-order valence-corrected chi connectivity index (χ0v) is 17.2. The Balaban J connectivity index is 1.65. The van der Waals surface area contributed by atoms with Crippen molar-refractivity contribution in [3.8, 4) is 33.6 Å². The summed E-state index contributed by atoms with van der Waals surface area (Å²) < 4.78 is 0. The lowest BCUT2D eigenvalue weighted by atomic mass is 9.96. The molecule has 6 rings (SSSR count). The monoisotopic (exact) mass is 410 g/mol. The molecule has 0 aliphatic heterocycles. The Bertz CT molecular complexity index is 1550. The second kappa shape index (κ2) is 7.67. The molecular weight excluding hydrogens is 392 g/mol. The largest absolute Gasteiger partial charge is 0.264 e. The summed E-state index contributed by atoms with van der Waals surface area (Å²) in [6, 6.07) is 26.9. The van der Waals surface area contributed by atoms with Crippen molar-refractivity contribution in [2.45, 2.75) is 0 Å². The van der Waals surface area contributed by atoms with E-state index in [0.717, 1.165) is 55.3 Å². The normalized spacial score (nSPS) is 11.1. The number of nitrogens with zero attached hydrogens (tertiary/aromatic N) is 4. The average molecular weight is 410 g/mol. The van der Waals surface area contributed by atoms with E-state index in [-0.39, 0.29) is 0 Å². The summed E-state index contributed by atoms with van der Waals surface area (Å²) in [4.78, 5) is 18.2. The molecule has 0 unspecified atom stereocenters. The van der Waals surface area contributed by atoms with Gasteiger partial charge in [0.2, 0.25) is 0 Å². The van der Waals surface area contributed by atoms with Crippen LogP contribution in [0.4, 0.5) is 0 Å². The molecule has 0 atom stereocenters. The molecule has 4 heterocycles. The van der Waals surface area contributed by atoms with Gasteiger partial charge in [-0.3, -0.25) is 15.0 Å². The Morgan fingerprint density at radius 2 is 1.22 bits per heavy atom. The second-order valence-corrected chi connectivity index (χ2v) is 7.65. The van der Waals surface area contributed by atoms with Gasteiger partial charge < -0.3 is 0 Å². The quantitative estimate of drug-likeness (QED) is 0.310. The SMILES string of the molecule is c1ccc(-c2nc3cc(-c4cccnc4)ccc3c3ccc(-c4cccnc4)cc23)nc1. The van der Waals surface area contributed by atoms with Crippen LogP contribution in [0.1, 0.15) is 0 Å². The van der Waals surface area contributed by atoms with E-state index in [2.05, 4.69) is 63.5 Å². The Labute approximate surface area is 185 Å². The maximum atomic E-state index is 5.10. The van der Waals surface area contributed by atoms with Gasteiger partial charge in [-0.15, -0.1) is 0 Å². The molecule has 0 fully saturated rings. The molecule has 0 aliphatic rings. The highest BCUT2D eigenvalue weighted by Crippen LogP contribution is 2.35. The molecule has 0 amide bonds. The number of benzene rings is 2. The molecule has 4 aromatic heterocycles. The van der Waals surface area contributed by atoms with Gasteiger partial charge >= 0.3 is 0 Å². The van der Waals surface area contributed by atoms with Crippen LogP contribution in [-0.2, 0) is 0 Å². The smallest absolute Gasteiger partial charge is 0.0972 e. The van der Waals surface area contributed by atoms with Crippen molar-refractivity contribution in [1.82, 2.24) is 19.9 Å². The highest BCUT2D eigenvalue weighted by molar-refractivity contribution is 6.12. The molecule has 0 aliphatic carbocycles. The maximum Gasteiger partial charge on any atom is 0.0972 e. The predicted octanol–water partition coefficient (Wildman–Crippen LogP) is 6.57. The minimum atomic E-state index is 0.856. The molecule has 0 saturated heterocycles. The van der Waals surface area contributed by atoms with E-state index in [1.807, 2.05) is 48.9 Å². The molecular formula is C28H18N4. The highest BCUT2D eigenvalue weighted by Gasteiger charge is 2.13. The minimum absolute atomic E-state index is 0.856. The fourth-order valence-electron chi connectivity index (χ4n) is 4.13. The first-order valence-electron chi connectivity index (χ1n) is 10.5. The predicted molar refractivity (Wildman–Crippen MR) is 129 cm³/mol. The highest BCUT2D eigenvalue weighted by atomic mass is 14.8. The molecule has 0 bridgehead atoms. The minimum Gasteiger partial charge on any atom is -0.264 e. The van der Waals surface area contributed by atoms with Gasteiger partial charge in [0.05, 0.1) is 16.9 Å². The van der Waals surface area contributed by atoms with E-state index in [1.54, 1.807) is 12.4 Å². The van der Waals surface area contributed by atoms with E-state index < -0.39 is 0 Å². The summed E-state index contributed by atoms with van der Waals surface area (Å²) in [7, 11) is 0. The van der Waals surface area contributed by atoms with Crippen LogP contribution in [0.2, 0.25) is 0 Å². The van der Waals surface area contributed by atoms with Gasteiger partial charge in [0.15, 0.2) is 0 Å². The zero-order valence-electron chi connectivity index (χ0n) is 17.2. The third-order valence-corrected chi connectivity index (χ3v) is 5.69. The maximum absolute atomic E-state index is 5.10. The molecule has 4 heteroatoms. The van der Waals surface area contributed by atoms with Gasteiger partial charge in [-0.25, -0.2) is 4.98 Å². The summed E-state index contributed by atoms with van der Waals surface area (Å²) in [6.07, 6.45) is 9.15. The van der Waals surface area contributed by atoms with Crippen molar-refractivity contribution in [2.75, 3.05) is 0 Å². The number of hydrogen-bond acceptors (Lipinski definition) is 4. The molecule has 0 radical (unpaired) electrons. The summed E-state index contributed by atoms with van der Waals surface area (Å²) >= 11 is 0. The Kier molecular flexibility index (Phi) is 4.40. The number of hydrogen-bond donors (Lipinski definition) is 0. The number of fused-ring (bicyclic) bond motifs is 3.